The summed E-state index contributed by atoms with van der Waals surface area (Å²) in [6, 6.07) is 4.54. The number of hydrogen-bond donors (Lipinski definition) is 1. The van der Waals surface area contributed by atoms with Crippen LogP contribution in [0.25, 0.3) is 11.4 Å². The van der Waals surface area contributed by atoms with Gasteiger partial charge in [0.1, 0.15) is 5.82 Å². The molecule has 2 aromatic rings. The third kappa shape index (κ3) is 2.89. The van der Waals surface area contributed by atoms with Crippen molar-refractivity contribution in [2.24, 2.45) is 0 Å². The van der Waals surface area contributed by atoms with Gasteiger partial charge in [-0.25, -0.2) is 9.07 Å². The summed E-state index contributed by atoms with van der Waals surface area (Å²) in [7, 11) is 0. The first-order valence-electron chi connectivity index (χ1n) is 6.46. The second-order valence-corrected chi connectivity index (χ2v) is 4.68. The van der Waals surface area contributed by atoms with Gasteiger partial charge in [0.2, 0.25) is 0 Å². The van der Waals surface area contributed by atoms with Gasteiger partial charge in [-0.15, -0.1) is 5.10 Å². The second-order valence-electron chi connectivity index (χ2n) is 4.68. The molecule has 0 spiro atoms. The van der Waals surface area contributed by atoms with E-state index in [2.05, 4.69) is 22.4 Å². The lowest BCUT2D eigenvalue weighted by Crippen LogP contribution is -2.09. The Labute approximate surface area is 111 Å². The molecule has 6 heteroatoms. The van der Waals surface area contributed by atoms with E-state index in [0.717, 1.165) is 19.3 Å². The molecular weight excluding hydrogens is 245 g/mol. The van der Waals surface area contributed by atoms with Crippen molar-refractivity contribution in [1.82, 2.24) is 20.2 Å². The minimum absolute atomic E-state index is 0.130. The van der Waals surface area contributed by atoms with Crippen molar-refractivity contribution in [2.75, 3.05) is 5.73 Å². The highest BCUT2D eigenvalue weighted by atomic mass is 19.1. The van der Waals surface area contributed by atoms with Crippen molar-refractivity contribution in [3.63, 3.8) is 0 Å². The molecule has 19 heavy (non-hydrogen) atoms. The van der Waals surface area contributed by atoms with Gasteiger partial charge >= 0.3 is 0 Å². The Kier molecular flexibility index (Phi) is 4.09. The average Bonchev–Trinajstić information content (AvgIpc) is 2.88. The maximum atomic E-state index is 13.9. The number of aromatic nitrogens is 4. The van der Waals surface area contributed by atoms with Crippen LogP contribution in [0, 0.1) is 5.82 Å². The number of nitrogen functional groups attached to an aromatic ring is 1. The SMILES string of the molecule is CCCCC(C)n1nnnc1-c1cc(N)ccc1F. The van der Waals surface area contributed by atoms with Gasteiger partial charge in [0.25, 0.3) is 0 Å². The third-order valence-corrected chi connectivity index (χ3v) is 3.12. The summed E-state index contributed by atoms with van der Waals surface area (Å²) >= 11 is 0. The van der Waals surface area contributed by atoms with E-state index in [4.69, 9.17) is 5.73 Å². The molecule has 0 aliphatic rings. The highest BCUT2D eigenvalue weighted by molar-refractivity contribution is 5.61. The smallest absolute Gasteiger partial charge is 0.185 e. The quantitative estimate of drug-likeness (QED) is 0.842. The first-order chi connectivity index (χ1) is 9.13. The lowest BCUT2D eigenvalue weighted by molar-refractivity contribution is 0.436. The van der Waals surface area contributed by atoms with Crippen LogP contribution in [0.4, 0.5) is 10.1 Å². The lowest BCUT2D eigenvalue weighted by Gasteiger charge is -2.13. The Morgan fingerprint density at radius 1 is 1.42 bits per heavy atom. The van der Waals surface area contributed by atoms with E-state index in [1.165, 1.54) is 12.1 Å². The summed E-state index contributed by atoms with van der Waals surface area (Å²) in [6.07, 6.45) is 3.15. The predicted molar refractivity (Wildman–Crippen MR) is 71.9 cm³/mol. The molecule has 0 aliphatic heterocycles. The summed E-state index contributed by atoms with van der Waals surface area (Å²) < 4.78 is 15.5. The molecule has 1 unspecified atom stereocenters. The normalized spacial score (nSPS) is 12.6. The summed E-state index contributed by atoms with van der Waals surface area (Å²) in [5.41, 5.74) is 6.53. The largest absolute Gasteiger partial charge is 0.399 e. The van der Waals surface area contributed by atoms with Crippen molar-refractivity contribution >= 4 is 5.69 Å². The number of tetrazole rings is 1. The topological polar surface area (TPSA) is 69.6 Å². The number of rotatable bonds is 5. The van der Waals surface area contributed by atoms with E-state index in [1.807, 2.05) is 6.92 Å². The van der Waals surface area contributed by atoms with Crippen LogP contribution in [0.3, 0.4) is 0 Å². The Balaban J connectivity index is 2.35. The molecule has 0 amide bonds. The molecule has 102 valence electrons. The highest BCUT2D eigenvalue weighted by Crippen LogP contribution is 2.25. The van der Waals surface area contributed by atoms with E-state index in [9.17, 15) is 4.39 Å². The monoisotopic (exact) mass is 263 g/mol. The Bertz CT molecular complexity index is 552. The van der Waals surface area contributed by atoms with Crippen LogP contribution in [0.15, 0.2) is 18.2 Å². The standard InChI is InChI=1S/C13H18FN5/c1-3-4-5-9(2)19-13(16-17-18-19)11-8-10(15)6-7-12(11)14/h6-9H,3-5,15H2,1-2H3. The number of nitrogens with two attached hydrogens (primary N) is 1. The molecule has 1 aromatic carbocycles. The van der Waals surface area contributed by atoms with Gasteiger partial charge in [0.15, 0.2) is 5.82 Å². The predicted octanol–water partition coefficient (Wildman–Crippen LogP) is 2.81. The van der Waals surface area contributed by atoms with Crippen LogP contribution in [-0.4, -0.2) is 20.2 Å². The van der Waals surface area contributed by atoms with Crippen molar-refractivity contribution in [3.8, 4) is 11.4 Å². The zero-order valence-corrected chi connectivity index (χ0v) is 11.2. The minimum atomic E-state index is -0.368. The van der Waals surface area contributed by atoms with E-state index in [-0.39, 0.29) is 11.9 Å². The van der Waals surface area contributed by atoms with Crippen molar-refractivity contribution in [1.29, 1.82) is 0 Å². The Hall–Kier alpha value is -1.98. The molecule has 0 aliphatic carbocycles. The first-order valence-corrected chi connectivity index (χ1v) is 6.46. The number of halogens is 1. The summed E-state index contributed by atoms with van der Waals surface area (Å²) in [4.78, 5) is 0. The van der Waals surface area contributed by atoms with Gasteiger partial charge in [0.05, 0.1) is 11.6 Å². The number of hydrogen-bond acceptors (Lipinski definition) is 4. The maximum Gasteiger partial charge on any atom is 0.185 e. The van der Waals surface area contributed by atoms with Gasteiger partial charge in [-0.05, 0) is 42.0 Å². The first kappa shape index (κ1) is 13.5. The molecular formula is C13H18FN5. The zero-order chi connectivity index (χ0) is 13.8. The molecule has 1 aromatic heterocycles. The Morgan fingerprint density at radius 3 is 2.95 bits per heavy atom. The van der Waals surface area contributed by atoms with Crippen molar-refractivity contribution in [2.45, 2.75) is 39.2 Å². The third-order valence-electron chi connectivity index (χ3n) is 3.12. The minimum Gasteiger partial charge on any atom is -0.399 e. The van der Waals surface area contributed by atoms with Crippen LogP contribution >= 0.6 is 0 Å². The molecule has 0 saturated carbocycles. The molecule has 0 bridgehead atoms. The van der Waals surface area contributed by atoms with Crippen LogP contribution < -0.4 is 5.73 Å². The van der Waals surface area contributed by atoms with Crippen molar-refractivity contribution < 1.29 is 4.39 Å². The average molecular weight is 263 g/mol. The molecule has 0 radical (unpaired) electrons. The molecule has 5 nitrogen and oxygen atoms in total. The van der Waals surface area contributed by atoms with Gasteiger partial charge < -0.3 is 5.73 Å². The summed E-state index contributed by atoms with van der Waals surface area (Å²) in [5.74, 6) is 0.0568. The molecule has 2 N–H and O–H groups in total. The number of unbranched alkanes of at least 4 members (excludes halogenated alkanes) is 1. The number of nitrogens with zero attached hydrogens (tertiary/aromatic N) is 4. The van der Waals surface area contributed by atoms with Gasteiger partial charge in [0, 0.05) is 5.69 Å². The molecule has 0 saturated heterocycles. The Morgan fingerprint density at radius 2 is 2.21 bits per heavy atom. The van der Waals surface area contributed by atoms with E-state index >= 15 is 0 Å². The number of anilines is 1. The van der Waals surface area contributed by atoms with Crippen LogP contribution in [-0.2, 0) is 0 Å². The zero-order valence-electron chi connectivity index (χ0n) is 11.2. The lowest BCUT2D eigenvalue weighted by atomic mass is 10.1. The fourth-order valence-corrected chi connectivity index (χ4v) is 2.00. The molecule has 1 heterocycles. The summed E-state index contributed by atoms with van der Waals surface area (Å²) in [6.45, 7) is 4.16. The van der Waals surface area contributed by atoms with Gasteiger partial charge in [-0.3, -0.25) is 0 Å². The summed E-state index contributed by atoms with van der Waals surface area (Å²) in [5, 5.41) is 11.5. The highest BCUT2D eigenvalue weighted by Gasteiger charge is 2.17. The fraction of sp³-hybridized carbons (Fsp3) is 0.462. The molecule has 1 atom stereocenters. The second kappa shape index (κ2) is 5.77. The van der Waals surface area contributed by atoms with Gasteiger partial charge in [-0.2, -0.15) is 0 Å². The fourth-order valence-electron chi connectivity index (χ4n) is 2.00. The van der Waals surface area contributed by atoms with Crippen LogP contribution in [0.1, 0.15) is 39.2 Å². The molecule has 0 fully saturated rings. The maximum absolute atomic E-state index is 13.9. The van der Waals surface area contributed by atoms with E-state index in [0.29, 0.717) is 17.1 Å². The van der Waals surface area contributed by atoms with Gasteiger partial charge in [-0.1, -0.05) is 19.8 Å². The van der Waals surface area contributed by atoms with Crippen LogP contribution in [0.2, 0.25) is 0 Å². The van der Waals surface area contributed by atoms with E-state index < -0.39 is 0 Å². The molecule has 2 rings (SSSR count). The number of benzene rings is 1. The van der Waals surface area contributed by atoms with Crippen molar-refractivity contribution in [3.05, 3.63) is 24.0 Å². The van der Waals surface area contributed by atoms with E-state index in [1.54, 1.807) is 10.7 Å². The van der Waals surface area contributed by atoms with Crippen LogP contribution in [0.5, 0.6) is 0 Å².